The zero-order valence-electron chi connectivity index (χ0n) is 11.7. The molecule has 3 rings (SSSR count). The van der Waals surface area contributed by atoms with Crippen molar-refractivity contribution >= 4 is 22.5 Å². The molecular weight excluding hydrogens is 272 g/mol. The molecule has 1 aromatic carbocycles. The van der Waals surface area contributed by atoms with Gasteiger partial charge in [0.25, 0.3) is 5.56 Å². The molecule has 1 saturated carbocycles. The van der Waals surface area contributed by atoms with E-state index in [1.807, 2.05) is 35.8 Å². The fourth-order valence-electron chi connectivity index (χ4n) is 2.72. The van der Waals surface area contributed by atoms with E-state index in [9.17, 15) is 4.79 Å². The topological polar surface area (TPSA) is 34.9 Å². The van der Waals surface area contributed by atoms with E-state index in [1.54, 1.807) is 0 Å². The third-order valence-electron chi connectivity index (χ3n) is 4.20. The van der Waals surface area contributed by atoms with Crippen molar-refractivity contribution in [3.05, 3.63) is 40.4 Å². The fourth-order valence-corrected chi connectivity index (χ4v) is 2.88. The SMILES string of the molecule is CCC(Cl)c1nc2ccccc2c(=O)n1CC1CCC1. The second kappa shape index (κ2) is 5.57. The summed E-state index contributed by atoms with van der Waals surface area (Å²) in [5, 5.41) is 0.489. The quantitative estimate of drug-likeness (QED) is 0.801. The van der Waals surface area contributed by atoms with Gasteiger partial charge in [-0.2, -0.15) is 0 Å². The van der Waals surface area contributed by atoms with Gasteiger partial charge in [0, 0.05) is 6.54 Å². The Kier molecular flexibility index (Phi) is 3.79. The lowest BCUT2D eigenvalue weighted by Gasteiger charge is -2.27. The summed E-state index contributed by atoms with van der Waals surface area (Å²) in [5.41, 5.74) is 0.799. The number of fused-ring (bicyclic) bond motifs is 1. The maximum Gasteiger partial charge on any atom is 0.261 e. The van der Waals surface area contributed by atoms with Gasteiger partial charge < -0.3 is 0 Å². The summed E-state index contributed by atoms with van der Waals surface area (Å²) >= 11 is 6.39. The molecule has 0 aliphatic heterocycles. The zero-order chi connectivity index (χ0) is 14.1. The summed E-state index contributed by atoms with van der Waals surface area (Å²) in [6.45, 7) is 2.78. The average molecular weight is 291 g/mol. The van der Waals surface area contributed by atoms with Crippen molar-refractivity contribution < 1.29 is 0 Å². The monoisotopic (exact) mass is 290 g/mol. The van der Waals surface area contributed by atoms with E-state index in [2.05, 4.69) is 4.98 Å². The Hall–Kier alpha value is -1.35. The molecule has 106 valence electrons. The van der Waals surface area contributed by atoms with E-state index in [-0.39, 0.29) is 10.9 Å². The molecule has 3 nitrogen and oxygen atoms in total. The Morgan fingerprint density at radius 3 is 2.80 bits per heavy atom. The molecule has 0 amide bonds. The molecule has 4 heteroatoms. The number of hydrogen-bond donors (Lipinski definition) is 0. The highest BCUT2D eigenvalue weighted by Crippen LogP contribution is 2.30. The van der Waals surface area contributed by atoms with Crippen LogP contribution in [0.2, 0.25) is 0 Å². The maximum absolute atomic E-state index is 12.7. The molecule has 1 aromatic heterocycles. The molecule has 0 N–H and O–H groups in total. The molecule has 2 aromatic rings. The summed E-state index contributed by atoms with van der Waals surface area (Å²) < 4.78 is 1.81. The molecule has 0 bridgehead atoms. The van der Waals surface area contributed by atoms with Crippen LogP contribution >= 0.6 is 11.6 Å². The third-order valence-corrected chi connectivity index (χ3v) is 4.70. The molecule has 0 saturated heterocycles. The predicted molar refractivity (Wildman–Crippen MR) is 82.2 cm³/mol. The number of alkyl halides is 1. The van der Waals surface area contributed by atoms with Crippen LogP contribution < -0.4 is 5.56 Å². The number of nitrogens with zero attached hydrogens (tertiary/aromatic N) is 2. The zero-order valence-corrected chi connectivity index (χ0v) is 12.4. The molecule has 1 heterocycles. The Morgan fingerprint density at radius 1 is 1.40 bits per heavy atom. The van der Waals surface area contributed by atoms with Crippen LogP contribution in [0, 0.1) is 5.92 Å². The fraction of sp³-hybridized carbons (Fsp3) is 0.500. The van der Waals surface area contributed by atoms with E-state index in [1.165, 1.54) is 19.3 Å². The van der Waals surface area contributed by atoms with E-state index < -0.39 is 0 Å². The first-order valence-electron chi connectivity index (χ1n) is 7.34. The summed E-state index contributed by atoms with van der Waals surface area (Å²) in [4.78, 5) is 17.4. The smallest absolute Gasteiger partial charge is 0.261 e. The van der Waals surface area contributed by atoms with Crippen molar-refractivity contribution in [1.82, 2.24) is 9.55 Å². The van der Waals surface area contributed by atoms with Crippen molar-refractivity contribution in [2.75, 3.05) is 0 Å². The van der Waals surface area contributed by atoms with Gasteiger partial charge >= 0.3 is 0 Å². The molecule has 1 fully saturated rings. The first-order valence-corrected chi connectivity index (χ1v) is 7.78. The lowest BCUT2D eigenvalue weighted by molar-refractivity contribution is 0.269. The predicted octanol–water partition coefficient (Wildman–Crippen LogP) is 3.89. The average Bonchev–Trinajstić information content (AvgIpc) is 2.43. The number of benzene rings is 1. The Bertz CT molecular complexity index is 676. The lowest BCUT2D eigenvalue weighted by atomic mass is 9.85. The minimum absolute atomic E-state index is 0.0524. The van der Waals surface area contributed by atoms with Gasteiger partial charge in [-0.15, -0.1) is 11.6 Å². The van der Waals surface area contributed by atoms with Crippen molar-refractivity contribution in [2.24, 2.45) is 5.92 Å². The minimum Gasteiger partial charge on any atom is -0.295 e. The van der Waals surface area contributed by atoms with E-state index >= 15 is 0 Å². The van der Waals surface area contributed by atoms with Crippen LogP contribution in [-0.4, -0.2) is 9.55 Å². The van der Waals surface area contributed by atoms with Crippen LogP contribution in [0.25, 0.3) is 10.9 Å². The van der Waals surface area contributed by atoms with Crippen molar-refractivity contribution in [3.8, 4) is 0 Å². The van der Waals surface area contributed by atoms with E-state index in [0.29, 0.717) is 11.3 Å². The molecule has 1 unspecified atom stereocenters. The van der Waals surface area contributed by atoms with Gasteiger partial charge in [0.15, 0.2) is 0 Å². The van der Waals surface area contributed by atoms with Gasteiger partial charge in [-0.25, -0.2) is 4.98 Å². The highest BCUT2D eigenvalue weighted by Gasteiger charge is 2.23. The van der Waals surface area contributed by atoms with Crippen LogP contribution in [0.1, 0.15) is 43.8 Å². The number of halogens is 1. The number of para-hydroxylation sites is 1. The summed E-state index contributed by atoms with van der Waals surface area (Å²) in [7, 11) is 0. The second-order valence-electron chi connectivity index (χ2n) is 5.58. The molecule has 1 aliphatic rings. The highest BCUT2D eigenvalue weighted by atomic mass is 35.5. The van der Waals surface area contributed by atoms with Crippen molar-refractivity contribution in [2.45, 2.75) is 44.5 Å². The van der Waals surface area contributed by atoms with Crippen LogP contribution in [0.3, 0.4) is 0 Å². The van der Waals surface area contributed by atoms with E-state index in [0.717, 1.165) is 24.3 Å². The van der Waals surface area contributed by atoms with Gasteiger partial charge in [0.2, 0.25) is 0 Å². The Labute approximate surface area is 123 Å². The first-order chi connectivity index (χ1) is 9.70. The molecule has 1 atom stereocenters. The molecule has 0 spiro atoms. The molecular formula is C16H19ClN2O. The highest BCUT2D eigenvalue weighted by molar-refractivity contribution is 6.20. The molecule has 0 radical (unpaired) electrons. The second-order valence-corrected chi connectivity index (χ2v) is 6.10. The lowest BCUT2D eigenvalue weighted by Crippen LogP contribution is -2.31. The third kappa shape index (κ3) is 2.35. The van der Waals surface area contributed by atoms with E-state index in [4.69, 9.17) is 11.6 Å². The maximum atomic E-state index is 12.7. The van der Waals surface area contributed by atoms with Gasteiger partial charge in [-0.05, 0) is 37.3 Å². The standard InChI is InChI=1S/C16H19ClN2O/c1-2-13(17)15-18-14-9-4-3-8-12(14)16(20)19(15)10-11-6-5-7-11/h3-4,8-9,11,13H,2,5-7,10H2,1H3. The van der Waals surface area contributed by atoms with Crippen molar-refractivity contribution in [1.29, 1.82) is 0 Å². The Morgan fingerprint density at radius 2 is 2.15 bits per heavy atom. The van der Waals surface area contributed by atoms with Crippen LogP contribution in [0.5, 0.6) is 0 Å². The van der Waals surface area contributed by atoms with Gasteiger partial charge in [0.1, 0.15) is 5.82 Å². The van der Waals surface area contributed by atoms with Gasteiger partial charge in [-0.1, -0.05) is 25.5 Å². The summed E-state index contributed by atoms with van der Waals surface area (Å²) in [6.07, 6.45) is 4.46. The number of rotatable bonds is 4. The molecule has 1 aliphatic carbocycles. The van der Waals surface area contributed by atoms with Crippen LogP contribution in [0.15, 0.2) is 29.1 Å². The molecule has 20 heavy (non-hydrogen) atoms. The van der Waals surface area contributed by atoms with Crippen LogP contribution in [0.4, 0.5) is 0 Å². The number of hydrogen-bond acceptors (Lipinski definition) is 2. The summed E-state index contributed by atoms with van der Waals surface area (Å²) in [6, 6.07) is 7.52. The van der Waals surface area contributed by atoms with Gasteiger partial charge in [0.05, 0.1) is 16.3 Å². The number of aromatic nitrogens is 2. The Balaban J connectivity index is 2.16. The first kappa shape index (κ1) is 13.6. The van der Waals surface area contributed by atoms with Crippen molar-refractivity contribution in [3.63, 3.8) is 0 Å². The normalized spacial score (nSPS) is 17.1. The minimum atomic E-state index is -0.201. The van der Waals surface area contributed by atoms with Crippen LogP contribution in [-0.2, 0) is 6.54 Å². The van der Waals surface area contributed by atoms with Gasteiger partial charge in [-0.3, -0.25) is 9.36 Å². The largest absolute Gasteiger partial charge is 0.295 e. The summed E-state index contributed by atoms with van der Waals surface area (Å²) in [5.74, 6) is 1.33.